The summed E-state index contributed by atoms with van der Waals surface area (Å²) < 4.78 is 19.6. The quantitative estimate of drug-likeness (QED) is 0.372. The molecule has 0 fully saturated rings. The van der Waals surface area contributed by atoms with Crippen molar-refractivity contribution in [2.24, 2.45) is 0 Å². The molecule has 0 saturated heterocycles. The molecule has 0 aliphatic carbocycles. The van der Waals surface area contributed by atoms with Crippen molar-refractivity contribution in [3.05, 3.63) is 114 Å². The average molecular weight is 402 g/mol. The number of rotatable bonds is 9. The Morgan fingerprint density at radius 1 is 1.07 bits per heavy atom. The van der Waals surface area contributed by atoms with Crippen molar-refractivity contribution in [1.29, 1.82) is 0 Å². The second-order valence-corrected chi connectivity index (χ2v) is 6.61. The number of hydrogen-bond acceptors (Lipinski definition) is 3. The minimum absolute atomic E-state index is 0.183. The van der Waals surface area contributed by atoms with E-state index in [0.29, 0.717) is 18.7 Å². The SMILES string of the molecule is C=CCN(Cc1ccccc1F)C(=O)C=Cc1ccc(OCc2ccccn2)cc1. The Bertz CT molecular complexity index is 1000. The van der Waals surface area contributed by atoms with Crippen LogP contribution in [0, 0.1) is 5.82 Å². The Morgan fingerprint density at radius 2 is 1.83 bits per heavy atom. The summed E-state index contributed by atoms with van der Waals surface area (Å²) in [6.07, 6.45) is 6.56. The lowest BCUT2D eigenvalue weighted by molar-refractivity contribution is -0.126. The van der Waals surface area contributed by atoms with Crippen molar-refractivity contribution in [3.63, 3.8) is 0 Å². The van der Waals surface area contributed by atoms with E-state index in [1.807, 2.05) is 42.5 Å². The van der Waals surface area contributed by atoms with Crippen LogP contribution in [0.4, 0.5) is 4.39 Å². The van der Waals surface area contributed by atoms with E-state index >= 15 is 0 Å². The molecule has 30 heavy (non-hydrogen) atoms. The van der Waals surface area contributed by atoms with Crippen molar-refractivity contribution in [3.8, 4) is 5.75 Å². The lowest BCUT2D eigenvalue weighted by Gasteiger charge is -2.19. The molecule has 3 rings (SSSR count). The third-order valence-electron chi connectivity index (χ3n) is 4.39. The van der Waals surface area contributed by atoms with Gasteiger partial charge in [-0.3, -0.25) is 9.78 Å². The molecule has 0 atom stereocenters. The van der Waals surface area contributed by atoms with Gasteiger partial charge in [-0.15, -0.1) is 6.58 Å². The third kappa shape index (κ3) is 6.14. The van der Waals surface area contributed by atoms with Crippen molar-refractivity contribution >= 4 is 12.0 Å². The van der Waals surface area contributed by atoms with Gasteiger partial charge in [-0.2, -0.15) is 0 Å². The predicted octanol–water partition coefficient (Wildman–Crippen LogP) is 5.03. The molecule has 0 aliphatic heterocycles. The van der Waals surface area contributed by atoms with Gasteiger partial charge in [0, 0.05) is 30.9 Å². The Labute approximate surface area is 176 Å². The molecule has 0 unspecified atom stereocenters. The van der Waals surface area contributed by atoms with Gasteiger partial charge in [-0.05, 0) is 42.0 Å². The fourth-order valence-electron chi connectivity index (χ4n) is 2.81. The lowest BCUT2D eigenvalue weighted by atomic mass is 10.1. The van der Waals surface area contributed by atoms with Crippen LogP contribution in [0.1, 0.15) is 16.8 Å². The topological polar surface area (TPSA) is 42.4 Å². The highest BCUT2D eigenvalue weighted by molar-refractivity contribution is 5.91. The van der Waals surface area contributed by atoms with Gasteiger partial charge in [-0.25, -0.2) is 4.39 Å². The van der Waals surface area contributed by atoms with Gasteiger partial charge in [0.05, 0.1) is 5.69 Å². The fraction of sp³-hybridized carbons (Fsp3) is 0.120. The predicted molar refractivity (Wildman–Crippen MR) is 116 cm³/mol. The van der Waals surface area contributed by atoms with Gasteiger partial charge >= 0.3 is 0 Å². The summed E-state index contributed by atoms with van der Waals surface area (Å²) in [4.78, 5) is 18.3. The first-order valence-electron chi connectivity index (χ1n) is 9.60. The summed E-state index contributed by atoms with van der Waals surface area (Å²) in [6.45, 7) is 4.59. The molecule has 4 nitrogen and oxygen atoms in total. The van der Waals surface area contributed by atoms with Crippen molar-refractivity contribution in [1.82, 2.24) is 9.88 Å². The summed E-state index contributed by atoms with van der Waals surface area (Å²) >= 11 is 0. The summed E-state index contributed by atoms with van der Waals surface area (Å²) in [5.41, 5.74) is 2.18. The Balaban J connectivity index is 1.59. The summed E-state index contributed by atoms with van der Waals surface area (Å²) in [7, 11) is 0. The smallest absolute Gasteiger partial charge is 0.247 e. The standard InChI is InChI=1S/C25H23FN2O2/c1-2-17-28(18-21-7-3-4-9-24(21)26)25(29)15-12-20-10-13-23(14-11-20)30-19-22-8-5-6-16-27-22/h2-16H,1,17-19H2. The number of amides is 1. The van der Waals surface area contributed by atoms with E-state index in [2.05, 4.69) is 11.6 Å². The van der Waals surface area contributed by atoms with Crippen LogP contribution in [0.3, 0.4) is 0 Å². The Morgan fingerprint density at radius 3 is 2.53 bits per heavy atom. The zero-order chi connectivity index (χ0) is 21.2. The van der Waals surface area contributed by atoms with E-state index in [9.17, 15) is 9.18 Å². The molecule has 0 bridgehead atoms. The minimum Gasteiger partial charge on any atom is -0.487 e. The molecule has 0 saturated carbocycles. The number of halogens is 1. The third-order valence-corrected chi connectivity index (χ3v) is 4.39. The van der Waals surface area contributed by atoms with Crippen molar-refractivity contribution < 1.29 is 13.9 Å². The molecule has 152 valence electrons. The number of benzene rings is 2. The maximum Gasteiger partial charge on any atom is 0.247 e. The Hall–Kier alpha value is -3.73. The maximum atomic E-state index is 13.9. The van der Waals surface area contributed by atoms with E-state index < -0.39 is 0 Å². The van der Waals surface area contributed by atoms with E-state index in [1.165, 1.54) is 17.0 Å². The van der Waals surface area contributed by atoms with E-state index in [-0.39, 0.29) is 18.3 Å². The van der Waals surface area contributed by atoms with Crippen molar-refractivity contribution in [2.75, 3.05) is 6.54 Å². The van der Waals surface area contributed by atoms with Crippen LogP contribution in [0.5, 0.6) is 5.75 Å². The first-order valence-corrected chi connectivity index (χ1v) is 9.60. The molecule has 2 aromatic carbocycles. The molecule has 0 radical (unpaired) electrons. The highest BCUT2D eigenvalue weighted by Crippen LogP contribution is 2.15. The van der Waals surface area contributed by atoms with Gasteiger partial charge < -0.3 is 9.64 Å². The minimum atomic E-state index is -0.329. The number of pyridine rings is 1. The zero-order valence-electron chi connectivity index (χ0n) is 16.6. The van der Waals surface area contributed by atoms with Crippen LogP contribution in [-0.2, 0) is 17.9 Å². The number of hydrogen-bond donors (Lipinski definition) is 0. The number of carbonyl (C=O) groups excluding carboxylic acids is 1. The van der Waals surface area contributed by atoms with Crippen LogP contribution in [0.2, 0.25) is 0 Å². The molecule has 3 aromatic rings. The van der Waals surface area contributed by atoms with Crippen LogP contribution < -0.4 is 4.74 Å². The zero-order valence-corrected chi connectivity index (χ0v) is 16.6. The van der Waals surface area contributed by atoms with Gasteiger partial charge in [0.25, 0.3) is 0 Å². The second-order valence-electron chi connectivity index (χ2n) is 6.61. The van der Waals surface area contributed by atoms with Crippen LogP contribution in [0.25, 0.3) is 6.08 Å². The number of ether oxygens (including phenoxy) is 1. The van der Waals surface area contributed by atoms with Gasteiger partial charge in [0.1, 0.15) is 18.2 Å². The lowest BCUT2D eigenvalue weighted by Crippen LogP contribution is -2.29. The fourth-order valence-corrected chi connectivity index (χ4v) is 2.81. The van der Waals surface area contributed by atoms with E-state index in [4.69, 9.17) is 4.74 Å². The van der Waals surface area contributed by atoms with Gasteiger partial charge in [-0.1, -0.05) is 42.5 Å². The van der Waals surface area contributed by atoms with Gasteiger partial charge in [0.15, 0.2) is 0 Å². The normalized spacial score (nSPS) is 10.7. The summed E-state index contributed by atoms with van der Waals surface area (Å²) in [6, 6.07) is 19.5. The molecule has 1 amide bonds. The molecule has 0 spiro atoms. The molecule has 1 heterocycles. The molecular formula is C25H23FN2O2. The largest absolute Gasteiger partial charge is 0.487 e. The number of aromatic nitrogens is 1. The van der Waals surface area contributed by atoms with E-state index in [0.717, 1.165) is 17.0 Å². The Kier molecular flexibility index (Phi) is 7.50. The van der Waals surface area contributed by atoms with Crippen molar-refractivity contribution in [2.45, 2.75) is 13.2 Å². The summed E-state index contributed by atoms with van der Waals surface area (Å²) in [5, 5.41) is 0. The number of nitrogens with zero attached hydrogens (tertiary/aromatic N) is 2. The maximum absolute atomic E-state index is 13.9. The molecule has 0 aliphatic rings. The monoisotopic (exact) mass is 402 g/mol. The van der Waals surface area contributed by atoms with Crippen LogP contribution in [-0.4, -0.2) is 22.3 Å². The summed E-state index contributed by atoms with van der Waals surface area (Å²) in [5.74, 6) is 0.176. The molecule has 1 aromatic heterocycles. The van der Waals surface area contributed by atoms with Crippen LogP contribution in [0.15, 0.2) is 91.7 Å². The highest BCUT2D eigenvalue weighted by Gasteiger charge is 2.12. The highest BCUT2D eigenvalue weighted by atomic mass is 19.1. The molecule has 0 N–H and O–H groups in total. The average Bonchev–Trinajstić information content (AvgIpc) is 2.78. The molecular weight excluding hydrogens is 379 g/mol. The van der Waals surface area contributed by atoms with Gasteiger partial charge in [0.2, 0.25) is 5.91 Å². The second kappa shape index (κ2) is 10.7. The first kappa shape index (κ1) is 21.0. The van der Waals surface area contributed by atoms with E-state index in [1.54, 1.807) is 36.5 Å². The number of carbonyl (C=O) groups is 1. The van der Waals surface area contributed by atoms with Crippen LogP contribution >= 0.6 is 0 Å². The molecule has 5 heteroatoms. The first-order chi connectivity index (χ1) is 14.7.